The number of fused-ring (bicyclic) bond motifs is 3. The van der Waals surface area contributed by atoms with Gasteiger partial charge in [0.1, 0.15) is 23.6 Å². The Bertz CT molecular complexity index is 991. The second-order valence-corrected chi connectivity index (χ2v) is 7.57. The van der Waals surface area contributed by atoms with Gasteiger partial charge in [-0.1, -0.05) is 0 Å². The van der Waals surface area contributed by atoms with Gasteiger partial charge in [0.05, 0.1) is 23.2 Å². The molecule has 6 N–H and O–H groups in total. The second kappa shape index (κ2) is 6.20. The average Bonchev–Trinajstić information content (AvgIpc) is 2.60. The fraction of sp³-hybridized carbons (Fsp3) is 0.350. The Morgan fingerprint density at radius 2 is 1.89 bits per heavy atom. The molecule has 1 aromatic carbocycles. The number of aldehydes is 1. The molecule has 0 aromatic heterocycles. The van der Waals surface area contributed by atoms with Gasteiger partial charge < -0.3 is 26.2 Å². The molecule has 3 aliphatic carbocycles. The largest absolute Gasteiger partial charge is 0.512 e. The number of hydrogen-bond donors (Lipinski definition) is 5. The summed E-state index contributed by atoms with van der Waals surface area (Å²) >= 11 is 0. The number of phenols is 1. The molecular formula is C20H19NO7. The lowest BCUT2D eigenvalue weighted by Gasteiger charge is -2.43. The molecule has 0 aliphatic heterocycles. The predicted octanol–water partition coefficient (Wildman–Crippen LogP) is 0.913. The molecule has 1 fully saturated rings. The highest BCUT2D eigenvalue weighted by molar-refractivity contribution is 6.07. The van der Waals surface area contributed by atoms with Crippen LogP contribution in [0, 0.1) is 17.8 Å². The van der Waals surface area contributed by atoms with Gasteiger partial charge in [0.15, 0.2) is 5.78 Å². The fourth-order valence-electron chi connectivity index (χ4n) is 4.96. The third kappa shape index (κ3) is 2.37. The molecule has 1 saturated carbocycles. The van der Waals surface area contributed by atoms with Gasteiger partial charge in [0.25, 0.3) is 5.91 Å². The Labute approximate surface area is 159 Å². The van der Waals surface area contributed by atoms with E-state index in [1.165, 1.54) is 12.1 Å². The van der Waals surface area contributed by atoms with Crippen LogP contribution in [0.4, 0.5) is 0 Å². The molecule has 4 rings (SSSR count). The fourth-order valence-corrected chi connectivity index (χ4v) is 4.96. The van der Waals surface area contributed by atoms with Crippen LogP contribution in [0.2, 0.25) is 0 Å². The maximum absolute atomic E-state index is 13.2. The molecule has 28 heavy (non-hydrogen) atoms. The first kappa shape index (κ1) is 18.2. The smallest absolute Gasteiger partial charge is 0.250 e. The number of nitrogens with two attached hydrogens (primary N) is 1. The molecule has 3 aliphatic rings. The number of ketones is 1. The predicted molar refractivity (Wildman–Crippen MR) is 96.3 cm³/mol. The summed E-state index contributed by atoms with van der Waals surface area (Å²) in [5.41, 5.74) is 5.74. The van der Waals surface area contributed by atoms with Crippen LogP contribution in [0.25, 0.3) is 5.76 Å². The van der Waals surface area contributed by atoms with Crippen molar-refractivity contribution in [3.8, 4) is 5.75 Å². The van der Waals surface area contributed by atoms with Crippen molar-refractivity contribution in [1.82, 2.24) is 0 Å². The number of carbonyl (C=O) groups excluding carboxylic acids is 3. The zero-order chi connectivity index (χ0) is 20.3. The number of aliphatic hydroxyl groups excluding tert-OH is 3. The lowest BCUT2D eigenvalue weighted by Crippen LogP contribution is -2.49. The third-order valence-corrected chi connectivity index (χ3v) is 6.14. The summed E-state index contributed by atoms with van der Waals surface area (Å²) in [5.74, 6) is -4.43. The van der Waals surface area contributed by atoms with Crippen LogP contribution in [0.3, 0.4) is 0 Å². The average molecular weight is 385 g/mol. The number of aliphatic hydroxyl groups is 3. The van der Waals surface area contributed by atoms with E-state index in [-0.39, 0.29) is 41.1 Å². The molecule has 8 nitrogen and oxygen atoms in total. The monoisotopic (exact) mass is 385 g/mol. The van der Waals surface area contributed by atoms with Gasteiger partial charge in [0, 0.05) is 17.6 Å². The Kier molecular flexibility index (Phi) is 4.04. The minimum absolute atomic E-state index is 0.0176. The number of benzene rings is 1. The Balaban J connectivity index is 1.85. The normalized spacial score (nSPS) is 29.1. The molecule has 1 amide bonds. The number of allylic oxidation sites excluding steroid dienone is 2. The molecule has 0 heterocycles. The zero-order valence-corrected chi connectivity index (χ0v) is 14.8. The maximum Gasteiger partial charge on any atom is 0.250 e. The summed E-state index contributed by atoms with van der Waals surface area (Å²) in [4.78, 5) is 36.1. The summed E-state index contributed by atoms with van der Waals surface area (Å²) in [6.45, 7) is 0. The molecule has 0 saturated heterocycles. The molecule has 4 atom stereocenters. The van der Waals surface area contributed by atoms with Crippen molar-refractivity contribution in [3.63, 3.8) is 0 Å². The molecule has 4 unspecified atom stereocenters. The Morgan fingerprint density at radius 3 is 2.54 bits per heavy atom. The number of Topliss-reactive ketones (excluding diaryl/α,β-unsaturated/α-hetero) is 1. The highest BCUT2D eigenvalue weighted by atomic mass is 16.3. The number of carbonyl (C=O) groups is 3. The second-order valence-electron chi connectivity index (χ2n) is 7.57. The van der Waals surface area contributed by atoms with Crippen LogP contribution in [0.5, 0.6) is 5.75 Å². The van der Waals surface area contributed by atoms with Crippen LogP contribution in [-0.4, -0.2) is 44.5 Å². The minimum Gasteiger partial charge on any atom is -0.512 e. The third-order valence-electron chi connectivity index (χ3n) is 6.14. The van der Waals surface area contributed by atoms with Gasteiger partial charge in [-0.15, -0.1) is 0 Å². The SMILES string of the molecule is NC(=O)C1=C(O)CC2CC3Cc4c(C=O)ccc(O)c4C(O)=C3C(=O)C2C1O. The highest BCUT2D eigenvalue weighted by Crippen LogP contribution is 2.50. The van der Waals surface area contributed by atoms with Gasteiger partial charge in [0.2, 0.25) is 0 Å². The molecule has 0 spiro atoms. The molecule has 146 valence electrons. The van der Waals surface area contributed by atoms with Crippen LogP contribution < -0.4 is 5.73 Å². The van der Waals surface area contributed by atoms with Crippen LogP contribution in [0.1, 0.15) is 34.3 Å². The quantitative estimate of drug-likeness (QED) is 0.473. The van der Waals surface area contributed by atoms with E-state index in [0.717, 1.165) is 0 Å². The number of hydrogen-bond acceptors (Lipinski definition) is 7. The number of amides is 1. The van der Waals surface area contributed by atoms with Gasteiger partial charge in [-0.25, -0.2) is 0 Å². The first-order valence-corrected chi connectivity index (χ1v) is 8.93. The van der Waals surface area contributed by atoms with Gasteiger partial charge in [-0.3, -0.25) is 14.4 Å². The van der Waals surface area contributed by atoms with E-state index in [4.69, 9.17) is 5.73 Å². The van der Waals surface area contributed by atoms with E-state index in [1.807, 2.05) is 0 Å². The molecule has 0 radical (unpaired) electrons. The van der Waals surface area contributed by atoms with E-state index in [2.05, 4.69) is 0 Å². The summed E-state index contributed by atoms with van der Waals surface area (Å²) < 4.78 is 0. The van der Waals surface area contributed by atoms with Crippen molar-refractivity contribution in [2.24, 2.45) is 23.5 Å². The van der Waals surface area contributed by atoms with E-state index in [1.54, 1.807) is 0 Å². The molecule has 1 aromatic rings. The van der Waals surface area contributed by atoms with Gasteiger partial charge in [-0.05, 0) is 42.4 Å². The van der Waals surface area contributed by atoms with Crippen molar-refractivity contribution in [1.29, 1.82) is 0 Å². The molecule has 8 heteroatoms. The summed E-state index contributed by atoms with van der Waals surface area (Å²) in [7, 11) is 0. The Hall–Kier alpha value is -3.13. The van der Waals surface area contributed by atoms with Crippen LogP contribution in [-0.2, 0) is 16.0 Å². The number of primary amides is 1. The number of aromatic hydroxyl groups is 1. The zero-order valence-electron chi connectivity index (χ0n) is 14.8. The van der Waals surface area contributed by atoms with Crippen LogP contribution in [0.15, 0.2) is 29.0 Å². The highest BCUT2D eigenvalue weighted by Gasteiger charge is 2.51. The van der Waals surface area contributed by atoms with Gasteiger partial charge >= 0.3 is 0 Å². The first-order chi connectivity index (χ1) is 13.3. The van der Waals surface area contributed by atoms with Crippen molar-refractivity contribution in [2.45, 2.75) is 25.4 Å². The standard InChI is InChI=1S/C20H19NO7/c21-20(28)16-12(24)5-9-3-8-4-10-7(6-22)1-2-11(23)15(10)18(26)13(8)17(25)14(9)19(16)27/h1-2,6,8-9,14,19,23-24,26-27H,3-5H2,(H2,21,28). The van der Waals surface area contributed by atoms with E-state index in [0.29, 0.717) is 23.8 Å². The summed E-state index contributed by atoms with van der Waals surface area (Å²) in [6.07, 6.45) is -0.307. The lowest BCUT2D eigenvalue weighted by atomic mass is 9.60. The van der Waals surface area contributed by atoms with Crippen LogP contribution >= 0.6 is 0 Å². The number of phenolic OH excluding ortho intramolecular Hbond substituents is 1. The first-order valence-electron chi connectivity index (χ1n) is 8.93. The molecular weight excluding hydrogens is 366 g/mol. The topological polar surface area (TPSA) is 158 Å². The Morgan fingerprint density at radius 1 is 1.18 bits per heavy atom. The van der Waals surface area contributed by atoms with Crippen molar-refractivity contribution < 1.29 is 34.8 Å². The van der Waals surface area contributed by atoms with E-state index >= 15 is 0 Å². The van der Waals surface area contributed by atoms with Crippen molar-refractivity contribution in [3.05, 3.63) is 45.7 Å². The lowest BCUT2D eigenvalue weighted by molar-refractivity contribution is -0.129. The summed E-state index contributed by atoms with van der Waals surface area (Å²) in [6, 6.07) is 2.72. The number of rotatable bonds is 2. The maximum atomic E-state index is 13.2. The summed E-state index contributed by atoms with van der Waals surface area (Å²) in [5, 5.41) is 41.6. The van der Waals surface area contributed by atoms with Crippen molar-refractivity contribution >= 4 is 23.7 Å². The van der Waals surface area contributed by atoms with Crippen molar-refractivity contribution in [2.75, 3.05) is 0 Å². The van der Waals surface area contributed by atoms with Gasteiger partial charge in [-0.2, -0.15) is 0 Å². The van der Waals surface area contributed by atoms with E-state index < -0.39 is 41.3 Å². The van der Waals surface area contributed by atoms with E-state index in [9.17, 15) is 34.8 Å². The molecule has 0 bridgehead atoms. The minimum atomic E-state index is -1.57.